The highest BCUT2D eigenvalue weighted by molar-refractivity contribution is 6.03. The molecule has 1 aromatic carbocycles. The molecule has 1 aliphatic rings. The molecule has 5 heteroatoms. The lowest BCUT2D eigenvalue weighted by molar-refractivity contribution is -0.142. The predicted molar refractivity (Wildman–Crippen MR) is 65.5 cm³/mol. The summed E-state index contributed by atoms with van der Waals surface area (Å²) in [5, 5.41) is 0. The van der Waals surface area contributed by atoms with Gasteiger partial charge >= 0.3 is 5.97 Å². The van der Waals surface area contributed by atoms with Crippen LogP contribution >= 0.6 is 0 Å². The zero-order chi connectivity index (χ0) is 13.1. The van der Waals surface area contributed by atoms with Gasteiger partial charge in [-0.15, -0.1) is 0 Å². The van der Waals surface area contributed by atoms with Crippen molar-refractivity contribution in [1.29, 1.82) is 0 Å². The van der Waals surface area contributed by atoms with Crippen molar-refractivity contribution >= 4 is 17.6 Å². The van der Waals surface area contributed by atoms with Crippen LogP contribution < -0.4 is 9.64 Å². The number of para-hydroxylation sites is 2. The number of anilines is 1. The summed E-state index contributed by atoms with van der Waals surface area (Å²) in [7, 11) is 2.86. The van der Waals surface area contributed by atoms with E-state index in [2.05, 4.69) is 0 Å². The summed E-state index contributed by atoms with van der Waals surface area (Å²) in [6.07, 6.45) is 0.821. The second kappa shape index (κ2) is 5.08. The molecule has 1 atom stereocenters. The number of carbonyl (C=O) groups is 2. The molecule has 1 aromatic rings. The number of ether oxygens (including phenoxy) is 2. The highest BCUT2D eigenvalue weighted by Gasteiger charge is 2.38. The molecule has 5 nitrogen and oxygen atoms in total. The molecular weight excluding hydrogens is 234 g/mol. The molecule has 1 unspecified atom stereocenters. The molecular formula is C13H15NO4. The molecule has 2 rings (SSSR count). The molecule has 1 amide bonds. The fourth-order valence-corrected chi connectivity index (χ4v) is 2.17. The molecule has 1 fully saturated rings. The monoisotopic (exact) mass is 249 g/mol. The molecule has 0 radical (unpaired) electrons. The average Bonchev–Trinajstić information content (AvgIpc) is 2.79. The third kappa shape index (κ3) is 2.03. The molecule has 0 aliphatic carbocycles. The Morgan fingerprint density at radius 2 is 2.06 bits per heavy atom. The van der Waals surface area contributed by atoms with Crippen LogP contribution in [0.1, 0.15) is 12.8 Å². The Hall–Kier alpha value is -2.04. The van der Waals surface area contributed by atoms with E-state index in [9.17, 15) is 9.59 Å². The number of methoxy groups -OCH3 is 2. The van der Waals surface area contributed by atoms with E-state index in [1.54, 1.807) is 18.2 Å². The summed E-state index contributed by atoms with van der Waals surface area (Å²) >= 11 is 0. The molecule has 0 N–H and O–H groups in total. The smallest absolute Gasteiger partial charge is 0.328 e. The summed E-state index contributed by atoms with van der Waals surface area (Å²) < 4.78 is 9.96. The van der Waals surface area contributed by atoms with E-state index in [1.165, 1.54) is 19.1 Å². The fraction of sp³-hybridized carbons (Fsp3) is 0.385. The zero-order valence-electron chi connectivity index (χ0n) is 10.4. The SMILES string of the molecule is COC(=O)C1CCC(=O)N1c1ccccc1OC. The Bertz CT molecular complexity index is 472. The standard InChI is InChI=1S/C13H15NO4/c1-17-11-6-4-3-5-9(11)14-10(13(16)18-2)7-8-12(14)15/h3-6,10H,7-8H2,1-2H3. The maximum Gasteiger partial charge on any atom is 0.328 e. The molecule has 0 spiro atoms. The maximum absolute atomic E-state index is 11.9. The van der Waals surface area contributed by atoms with Crippen molar-refractivity contribution in [3.05, 3.63) is 24.3 Å². The van der Waals surface area contributed by atoms with Crippen LogP contribution in [0.2, 0.25) is 0 Å². The topological polar surface area (TPSA) is 55.8 Å². The predicted octanol–water partition coefficient (Wildman–Crippen LogP) is 1.36. The van der Waals surface area contributed by atoms with Gasteiger partial charge in [-0.25, -0.2) is 4.79 Å². The van der Waals surface area contributed by atoms with Gasteiger partial charge in [-0.2, -0.15) is 0 Å². The van der Waals surface area contributed by atoms with Gasteiger partial charge in [0.05, 0.1) is 19.9 Å². The lowest BCUT2D eigenvalue weighted by Gasteiger charge is -2.24. The van der Waals surface area contributed by atoms with E-state index < -0.39 is 12.0 Å². The van der Waals surface area contributed by atoms with Crippen LogP contribution in [0, 0.1) is 0 Å². The molecule has 0 bridgehead atoms. The van der Waals surface area contributed by atoms with E-state index in [0.717, 1.165) is 0 Å². The number of rotatable bonds is 3. The molecule has 1 aliphatic heterocycles. The van der Waals surface area contributed by atoms with Gasteiger partial charge < -0.3 is 9.47 Å². The van der Waals surface area contributed by atoms with E-state index >= 15 is 0 Å². The van der Waals surface area contributed by atoms with Crippen LogP contribution in [0.3, 0.4) is 0 Å². The first-order chi connectivity index (χ1) is 8.69. The Kier molecular flexibility index (Phi) is 3.50. The largest absolute Gasteiger partial charge is 0.495 e. The number of nitrogens with zero attached hydrogens (tertiary/aromatic N) is 1. The third-order valence-electron chi connectivity index (χ3n) is 3.03. The number of hydrogen-bond donors (Lipinski definition) is 0. The van der Waals surface area contributed by atoms with Crippen LogP contribution in [0.4, 0.5) is 5.69 Å². The Balaban J connectivity index is 2.39. The van der Waals surface area contributed by atoms with Crippen molar-refractivity contribution in [3.63, 3.8) is 0 Å². The van der Waals surface area contributed by atoms with Crippen molar-refractivity contribution < 1.29 is 19.1 Å². The maximum atomic E-state index is 11.9. The molecule has 0 saturated carbocycles. The van der Waals surface area contributed by atoms with Gasteiger partial charge in [-0.1, -0.05) is 12.1 Å². The Morgan fingerprint density at radius 1 is 1.33 bits per heavy atom. The van der Waals surface area contributed by atoms with Crippen molar-refractivity contribution in [3.8, 4) is 5.75 Å². The van der Waals surface area contributed by atoms with Gasteiger partial charge in [0.15, 0.2) is 0 Å². The van der Waals surface area contributed by atoms with Crippen molar-refractivity contribution in [2.24, 2.45) is 0 Å². The summed E-state index contributed by atoms with van der Waals surface area (Å²) in [6, 6.07) is 6.58. The Morgan fingerprint density at radius 3 is 2.72 bits per heavy atom. The lowest BCUT2D eigenvalue weighted by atomic mass is 10.2. The van der Waals surface area contributed by atoms with Gasteiger partial charge in [-0.05, 0) is 18.6 Å². The lowest BCUT2D eigenvalue weighted by Crippen LogP contribution is -2.39. The first-order valence-electron chi connectivity index (χ1n) is 5.72. The minimum atomic E-state index is -0.557. The third-order valence-corrected chi connectivity index (χ3v) is 3.03. The van der Waals surface area contributed by atoms with Crippen molar-refractivity contribution in [2.45, 2.75) is 18.9 Å². The van der Waals surface area contributed by atoms with Crippen molar-refractivity contribution in [2.75, 3.05) is 19.1 Å². The highest BCUT2D eigenvalue weighted by atomic mass is 16.5. The normalized spacial score (nSPS) is 18.9. The summed E-state index contributed by atoms with van der Waals surface area (Å²) in [4.78, 5) is 25.1. The first kappa shape index (κ1) is 12.4. The summed E-state index contributed by atoms with van der Waals surface area (Å²) in [5.74, 6) is 0.0864. The van der Waals surface area contributed by atoms with Gasteiger partial charge in [0.1, 0.15) is 11.8 Å². The molecule has 0 aromatic heterocycles. The van der Waals surface area contributed by atoms with Crippen molar-refractivity contribution in [1.82, 2.24) is 0 Å². The van der Waals surface area contributed by atoms with E-state index in [-0.39, 0.29) is 5.91 Å². The second-order valence-corrected chi connectivity index (χ2v) is 4.01. The molecule has 96 valence electrons. The minimum Gasteiger partial charge on any atom is -0.495 e. The average molecular weight is 249 g/mol. The van der Waals surface area contributed by atoms with Crippen LogP contribution in [0.25, 0.3) is 0 Å². The zero-order valence-corrected chi connectivity index (χ0v) is 10.4. The van der Waals surface area contributed by atoms with E-state index in [1.807, 2.05) is 6.07 Å². The second-order valence-electron chi connectivity index (χ2n) is 4.01. The fourth-order valence-electron chi connectivity index (χ4n) is 2.17. The van der Waals surface area contributed by atoms with Crippen LogP contribution in [-0.4, -0.2) is 32.1 Å². The highest BCUT2D eigenvalue weighted by Crippen LogP contribution is 2.34. The van der Waals surface area contributed by atoms with Crippen LogP contribution in [-0.2, 0) is 14.3 Å². The molecule has 1 saturated heterocycles. The number of hydrogen-bond acceptors (Lipinski definition) is 4. The van der Waals surface area contributed by atoms with Gasteiger partial charge in [-0.3, -0.25) is 9.69 Å². The van der Waals surface area contributed by atoms with E-state index in [0.29, 0.717) is 24.3 Å². The number of carbonyl (C=O) groups excluding carboxylic acids is 2. The molecule has 1 heterocycles. The van der Waals surface area contributed by atoms with Gasteiger partial charge in [0.2, 0.25) is 5.91 Å². The quantitative estimate of drug-likeness (QED) is 0.759. The summed E-state index contributed by atoms with van der Waals surface area (Å²) in [6.45, 7) is 0. The first-order valence-corrected chi connectivity index (χ1v) is 5.72. The number of benzene rings is 1. The summed E-state index contributed by atoms with van der Waals surface area (Å²) in [5.41, 5.74) is 0.609. The minimum absolute atomic E-state index is 0.0881. The van der Waals surface area contributed by atoms with Gasteiger partial charge in [0.25, 0.3) is 0 Å². The van der Waals surface area contributed by atoms with Gasteiger partial charge in [0, 0.05) is 6.42 Å². The van der Waals surface area contributed by atoms with Crippen LogP contribution in [0.5, 0.6) is 5.75 Å². The number of amides is 1. The Labute approximate surface area is 105 Å². The van der Waals surface area contributed by atoms with Crippen LogP contribution in [0.15, 0.2) is 24.3 Å². The number of esters is 1. The van der Waals surface area contributed by atoms with E-state index in [4.69, 9.17) is 9.47 Å². The molecule has 18 heavy (non-hydrogen) atoms.